The monoisotopic (exact) mass is 285 g/mol. The van der Waals surface area contributed by atoms with Crippen molar-refractivity contribution in [3.63, 3.8) is 0 Å². The summed E-state index contributed by atoms with van der Waals surface area (Å²) in [5, 5.41) is 12.8. The second kappa shape index (κ2) is 7.38. The van der Waals surface area contributed by atoms with Gasteiger partial charge in [0.1, 0.15) is 5.54 Å². The van der Waals surface area contributed by atoms with Gasteiger partial charge in [-0.2, -0.15) is 0 Å². The molecule has 5 nitrogen and oxygen atoms in total. The van der Waals surface area contributed by atoms with Crippen LogP contribution >= 0.6 is 0 Å². The average Bonchev–Trinajstić information content (AvgIpc) is 3.28. The zero-order chi connectivity index (χ0) is 14.4. The van der Waals surface area contributed by atoms with Gasteiger partial charge in [0.2, 0.25) is 0 Å². The van der Waals surface area contributed by atoms with E-state index in [0.717, 1.165) is 38.7 Å². The molecule has 2 unspecified atom stereocenters. The summed E-state index contributed by atoms with van der Waals surface area (Å²) < 4.78 is 11.3. The van der Waals surface area contributed by atoms with E-state index >= 15 is 0 Å². The van der Waals surface area contributed by atoms with Gasteiger partial charge < -0.3 is 14.6 Å². The molecule has 0 amide bonds. The molecule has 0 radical (unpaired) electrons. The standard InChI is InChI=1S/C15H27NO4/c1-2-8-16-15(14(17)18,12-6-7-12)11-19-10-13-5-3-4-9-20-13/h12-13,16H,2-11H2,1H3,(H,17,18). The lowest BCUT2D eigenvalue weighted by Crippen LogP contribution is -2.58. The maximum absolute atomic E-state index is 11.7. The molecule has 0 spiro atoms. The van der Waals surface area contributed by atoms with Crippen molar-refractivity contribution in [2.24, 2.45) is 5.92 Å². The number of carboxylic acids is 1. The first-order valence-electron chi connectivity index (χ1n) is 7.87. The minimum atomic E-state index is -0.898. The number of ether oxygens (including phenoxy) is 2. The average molecular weight is 285 g/mol. The fraction of sp³-hybridized carbons (Fsp3) is 0.933. The number of rotatable bonds is 9. The molecule has 2 rings (SSSR count). The van der Waals surface area contributed by atoms with Crippen molar-refractivity contribution in [1.29, 1.82) is 0 Å². The van der Waals surface area contributed by atoms with Crippen LogP contribution in [0.15, 0.2) is 0 Å². The molecule has 0 bridgehead atoms. The number of carboxylic acid groups (broad SMARTS) is 1. The van der Waals surface area contributed by atoms with Gasteiger partial charge in [-0.15, -0.1) is 0 Å². The maximum atomic E-state index is 11.7. The molecule has 2 fully saturated rings. The van der Waals surface area contributed by atoms with Gasteiger partial charge in [0.25, 0.3) is 0 Å². The molecule has 1 heterocycles. The van der Waals surface area contributed by atoms with E-state index in [1.54, 1.807) is 0 Å². The van der Waals surface area contributed by atoms with Crippen molar-refractivity contribution >= 4 is 5.97 Å². The van der Waals surface area contributed by atoms with E-state index in [1.807, 2.05) is 6.92 Å². The Labute approximate surface area is 121 Å². The van der Waals surface area contributed by atoms with Gasteiger partial charge in [-0.05, 0) is 51.0 Å². The predicted octanol–water partition coefficient (Wildman–Crippen LogP) is 1.81. The smallest absolute Gasteiger partial charge is 0.326 e. The Morgan fingerprint density at radius 3 is 2.75 bits per heavy atom. The number of aliphatic carboxylic acids is 1. The fourth-order valence-electron chi connectivity index (χ4n) is 2.84. The molecule has 0 aromatic heterocycles. The van der Waals surface area contributed by atoms with Crippen LogP contribution in [0.25, 0.3) is 0 Å². The zero-order valence-electron chi connectivity index (χ0n) is 12.4. The molecule has 1 aliphatic carbocycles. The molecule has 5 heteroatoms. The lowest BCUT2D eigenvalue weighted by Gasteiger charge is -2.31. The highest BCUT2D eigenvalue weighted by atomic mass is 16.5. The summed E-state index contributed by atoms with van der Waals surface area (Å²) in [5.41, 5.74) is -0.898. The minimum absolute atomic E-state index is 0.139. The molecule has 1 saturated carbocycles. The summed E-state index contributed by atoms with van der Waals surface area (Å²) in [4.78, 5) is 11.7. The molecule has 116 valence electrons. The van der Waals surface area contributed by atoms with Crippen molar-refractivity contribution < 1.29 is 19.4 Å². The van der Waals surface area contributed by atoms with Crippen LogP contribution in [0.2, 0.25) is 0 Å². The van der Waals surface area contributed by atoms with Crippen LogP contribution in [0, 0.1) is 5.92 Å². The summed E-state index contributed by atoms with van der Waals surface area (Å²) in [6.45, 7) is 4.31. The lowest BCUT2D eigenvalue weighted by atomic mass is 9.94. The minimum Gasteiger partial charge on any atom is -0.480 e. The molecule has 20 heavy (non-hydrogen) atoms. The second-order valence-electron chi connectivity index (χ2n) is 5.98. The van der Waals surface area contributed by atoms with Gasteiger partial charge >= 0.3 is 5.97 Å². The van der Waals surface area contributed by atoms with Crippen LogP contribution in [0.3, 0.4) is 0 Å². The van der Waals surface area contributed by atoms with Gasteiger partial charge in [0.15, 0.2) is 0 Å². The summed E-state index contributed by atoms with van der Waals surface area (Å²) >= 11 is 0. The largest absolute Gasteiger partial charge is 0.480 e. The van der Waals surface area contributed by atoms with Gasteiger partial charge in [-0.3, -0.25) is 10.1 Å². The Morgan fingerprint density at radius 2 is 2.20 bits per heavy atom. The topological polar surface area (TPSA) is 67.8 Å². The van der Waals surface area contributed by atoms with E-state index in [1.165, 1.54) is 6.42 Å². The molecule has 2 N–H and O–H groups in total. The van der Waals surface area contributed by atoms with Crippen LogP contribution < -0.4 is 5.32 Å². The number of carbonyl (C=O) groups is 1. The Bertz CT molecular complexity index is 313. The van der Waals surface area contributed by atoms with Crippen molar-refractivity contribution in [3.8, 4) is 0 Å². The number of nitrogens with one attached hydrogen (secondary N) is 1. The van der Waals surface area contributed by atoms with E-state index in [2.05, 4.69) is 5.32 Å². The van der Waals surface area contributed by atoms with E-state index in [4.69, 9.17) is 9.47 Å². The van der Waals surface area contributed by atoms with Gasteiger partial charge in [-0.25, -0.2) is 0 Å². The van der Waals surface area contributed by atoms with Crippen molar-refractivity contribution in [2.75, 3.05) is 26.4 Å². The van der Waals surface area contributed by atoms with E-state index < -0.39 is 11.5 Å². The molecule has 1 aliphatic heterocycles. The molecular formula is C15H27NO4. The lowest BCUT2D eigenvalue weighted by molar-refractivity contribution is -0.150. The van der Waals surface area contributed by atoms with Crippen molar-refractivity contribution in [1.82, 2.24) is 5.32 Å². The number of hydrogen-bond donors (Lipinski definition) is 2. The Hall–Kier alpha value is -0.650. The quantitative estimate of drug-likeness (QED) is 0.676. The Kier molecular flexibility index (Phi) is 5.81. The first kappa shape index (κ1) is 15.7. The van der Waals surface area contributed by atoms with Gasteiger partial charge in [-0.1, -0.05) is 6.92 Å². The normalized spacial score (nSPS) is 26.1. The molecule has 1 saturated heterocycles. The SMILES string of the molecule is CCCNC(COCC1CCCCO1)(C(=O)O)C1CC1. The van der Waals surface area contributed by atoms with Gasteiger partial charge in [0.05, 0.1) is 19.3 Å². The van der Waals surface area contributed by atoms with Crippen LogP contribution in [0.4, 0.5) is 0 Å². The number of hydrogen-bond acceptors (Lipinski definition) is 4. The highest BCUT2D eigenvalue weighted by Gasteiger charge is 2.51. The predicted molar refractivity (Wildman–Crippen MR) is 75.8 cm³/mol. The summed E-state index contributed by atoms with van der Waals surface area (Å²) in [6.07, 6.45) is 6.34. The second-order valence-corrected chi connectivity index (χ2v) is 5.98. The van der Waals surface area contributed by atoms with Crippen LogP contribution in [-0.2, 0) is 14.3 Å². The maximum Gasteiger partial charge on any atom is 0.326 e. The van der Waals surface area contributed by atoms with E-state index in [0.29, 0.717) is 13.2 Å². The first-order chi connectivity index (χ1) is 9.69. The Balaban J connectivity index is 1.84. The molecule has 0 aromatic rings. The summed E-state index contributed by atoms with van der Waals surface area (Å²) in [5.74, 6) is -0.572. The van der Waals surface area contributed by atoms with Crippen molar-refractivity contribution in [2.45, 2.75) is 57.1 Å². The van der Waals surface area contributed by atoms with Crippen LogP contribution in [0.1, 0.15) is 45.4 Å². The first-order valence-corrected chi connectivity index (χ1v) is 7.87. The Morgan fingerprint density at radius 1 is 1.40 bits per heavy atom. The molecule has 2 atom stereocenters. The molecule has 0 aromatic carbocycles. The van der Waals surface area contributed by atoms with E-state index in [-0.39, 0.29) is 18.6 Å². The summed E-state index contributed by atoms with van der Waals surface area (Å²) in [6, 6.07) is 0. The van der Waals surface area contributed by atoms with Crippen LogP contribution in [-0.4, -0.2) is 49.1 Å². The third kappa shape index (κ3) is 3.93. The summed E-state index contributed by atoms with van der Waals surface area (Å²) in [7, 11) is 0. The third-order valence-corrected chi connectivity index (χ3v) is 4.25. The van der Waals surface area contributed by atoms with E-state index in [9.17, 15) is 9.90 Å². The fourth-order valence-corrected chi connectivity index (χ4v) is 2.84. The van der Waals surface area contributed by atoms with Gasteiger partial charge in [0, 0.05) is 6.61 Å². The third-order valence-electron chi connectivity index (χ3n) is 4.25. The van der Waals surface area contributed by atoms with Crippen molar-refractivity contribution in [3.05, 3.63) is 0 Å². The highest BCUT2D eigenvalue weighted by molar-refractivity contribution is 5.80. The highest BCUT2D eigenvalue weighted by Crippen LogP contribution is 2.40. The van der Waals surface area contributed by atoms with Crippen LogP contribution in [0.5, 0.6) is 0 Å². The molecular weight excluding hydrogens is 258 g/mol. The molecule has 2 aliphatic rings. The zero-order valence-corrected chi connectivity index (χ0v) is 12.4.